The Morgan fingerprint density at radius 2 is 2.19 bits per heavy atom. The number of ether oxygens (including phenoxy) is 1. The molecule has 2 N–H and O–H groups in total. The predicted octanol–water partition coefficient (Wildman–Crippen LogP) is 0.693. The van der Waals surface area contributed by atoms with Crippen LogP contribution in [0.4, 0.5) is 11.4 Å². The van der Waals surface area contributed by atoms with Crippen LogP contribution in [0.2, 0.25) is 0 Å². The summed E-state index contributed by atoms with van der Waals surface area (Å²) >= 11 is 0. The maximum Gasteiger partial charge on any atom is 0.310 e. The first-order valence-corrected chi connectivity index (χ1v) is 6.35. The van der Waals surface area contributed by atoms with Gasteiger partial charge in [0.2, 0.25) is 5.91 Å². The molecule has 1 aromatic rings. The molecule has 21 heavy (non-hydrogen) atoms. The standard InChI is InChI=1S/C13H15N3O5/c1-21-13(18)9-4-5-15(7-9)10-3-2-8(12(14)17)6-11(10)16(19)20/h2-3,6,9H,4-5,7H2,1H3,(H2,14,17). The van der Waals surface area contributed by atoms with E-state index in [1.807, 2.05) is 0 Å². The van der Waals surface area contributed by atoms with Crippen LogP contribution in [0.3, 0.4) is 0 Å². The van der Waals surface area contributed by atoms with Crippen molar-refractivity contribution in [3.63, 3.8) is 0 Å². The number of nitrogens with two attached hydrogens (primary N) is 1. The van der Waals surface area contributed by atoms with Gasteiger partial charge >= 0.3 is 5.97 Å². The van der Waals surface area contributed by atoms with Crippen molar-refractivity contribution >= 4 is 23.3 Å². The number of hydrogen-bond donors (Lipinski definition) is 1. The van der Waals surface area contributed by atoms with Gasteiger partial charge in [0.25, 0.3) is 5.69 Å². The molecule has 1 atom stereocenters. The Labute approximate surface area is 120 Å². The molecule has 8 nitrogen and oxygen atoms in total. The fourth-order valence-corrected chi connectivity index (χ4v) is 2.43. The van der Waals surface area contributed by atoms with Crippen LogP contribution in [0, 0.1) is 16.0 Å². The number of nitro benzene ring substituents is 1. The molecule has 1 heterocycles. The monoisotopic (exact) mass is 293 g/mol. The Bertz CT molecular complexity index is 601. The van der Waals surface area contributed by atoms with Gasteiger partial charge in [-0.3, -0.25) is 19.7 Å². The quantitative estimate of drug-likeness (QED) is 0.496. The van der Waals surface area contributed by atoms with Crippen LogP contribution in [0.5, 0.6) is 0 Å². The topological polar surface area (TPSA) is 116 Å². The molecule has 0 bridgehead atoms. The van der Waals surface area contributed by atoms with Gasteiger partial charge < -0.3 is 15.4 Å². The molecule has 112 valence electrons. The molecule has 8 heteroatoms. The van der Waals surface area contributed by atoms with Gasteiger partial charge in [-0.2, -0.15) is 0 Å². The van der Waals surface area contributed by atoms with Gasteiger partial charge in [0, 0.05) is 24.7 Å². The molecular formula is C13H15N3O5. The van der Waals surface area contributed by atoms with Crippen molar-refractivity contribution in [3.05, 3.63) is 33.9 Å². The average Bonchev–Trinajstić information content (AvgIpc) is 2.95. The Morgan fingerprint density at radius 1 is 1.48 bits per heavy atom. The number of nitro groups is 1. The van der Waals surface area contributed by atoms with Crippen molar-refractivity contribution in [2.45, 2.75) is 6.42 Å². The molecule has 1 aliphatic rings. The van der Waals surface area contributed by atoms with E-state index in [2.05, 4.69) is 4.74 Å². The van der Waals surface area contributed by atoms with Crippen LogP contribution < -0.4 is 10.6 Å². The highest BCUT2D eigenvalue weighted by Gasteiger charge is 2.32. The Morgan fingerprint density at radius 3 is 2.76 bits per heavy atom. The third kappa shape index (κ3) is 2.93. The second-order valence-corrected chi connectivity index (χ2v) is 4.78. The first kappa shape index (κ1) is 14.8. The molecule has 0 radical (unpaired) electrons. The van der Waals surface area contributed by atoms with Gasteiger partial charge in [-0.1, -0.05) is 0 Å². The van der Waals surface area contributed by atoms with Crippen LogP contribution in [0.1, 0.15) is 16.8 Å². The van der Waals surface area contributed by atoms with Crippen molar-refractivity contribution in [1.82, 2.24) is 0 Å². The fourth-order valence-electron chi connectivity index (χ4n) is 2.43. The minimum absolute atomic E-state index is 0.0779. The average molecular weight is 293 g/mol. The zero-order valence-corrected chi connectivity index (χ0v) is 11.4. The molecule has 2 rings (SSSR count). The first-order valence-electron chi connectivity index (χ1n) is 6.35. The van der Waals surface area contributed by atoms with E-state index < -0.39 is 10.8 Å². The number of carbonyl (C=O) groups is 2. The van der Waals surface area contributed by atoms with E-state index in [1.165, 1.54) is 19.2 Å². The van der Waals surface area contributed by atoms with Crippen molar-refractivity contribution in [2.75, 3.05) is 25.1 Å². The number of rotatable bonds is 4. The van der Waals surface area contributed by atoms with Crippen LogP contribution >= 0.6 is 0 Å². The maximum absolute atomic E-state index is 11.5. The van der Waals surface area contributed by atoms with E-state index in [1.54, 1.807) is 4.90 Å². The van der Waals surface area contributed by atoms with Crippen molar-refractivity contribution in [1.29, 1.82) is 0 Å². The molecule has 0 aliphatic carbocycles. The SMILES string of the molecule is COC(=O)C1CCN(c2ccc(C(N)=O)cc2[N+](=O)[O-])C1. The minimum atomic E-state index is -0.724. The summed E-state index contributed by atoms with van der Waals surface area (Å²) in [6, 6.07) is 4.08. The summed E-state index contributed by atoms with van der Waals surface area (Å²) in [6.07, 6.45) is 0.571. The molecule has 1 aromatic carbocycles. The van der Waals surface area contributed by atoms with Crippen LogP contribution in [-0.2, 0) is 9.53 Å². The van der Waals surface area contributed by atoms with Crippen molar-refractivity contribution in [3.8, 4) is 0 Å². The maximum atomic E-state index is 11.5. The summed E-state index contributed by atoms with van der Waals surface area (Å²) in [5, 5.41) is 11.2. The lowest BCUT2D eigenvalue weighted by molar-refractivity contribution is -0.384. The van der Waals surface area contributed by atoms with E-state index >= 15 is 0 Å². The van der Waals surface area contributed by atoms with Crippen molar-refractivity contribution < 1.29 is 19.2 Å². The lowest BCUT2D eigenvalue weighted by atomic mass is 10.1. The van der Waals surface area contributed by atoms with Crippen LogP contribution in [0.25, 0.3) is 0 Å². The number of esters is 1. The zero-order valence-electron chi connectivity index (χ0n) is 11.4. The summed E-state index contributed by atoms with van der Waals surface area (Å²) in [6.45, 7) is 0.861. The summed E-state index contributed by atoms with van der Waals surface area (Å²) < 4.78 is 4.69. The van der Waals surface area contributed by atoms with Gasteiger partial charge in [-0.25, -0.2) is 0 Å². The highest BCUT2D eigenvalue weighted by molar-refractivity contribution is 5.94. The first-order chi connectivity index (χ1) is 9.93. The molecular weight excluding hydrogens is 278 g/mol. The molecule has 0 saturated carbocycles. The van der Waals surface area contributed by atoms with Crippen LogP contribution in [0.15, 0.2) is 18.2 Å². The Hall–Kier alpha value is -2.64. The number of primary amides is 1. The van der Waals surface area contributed by atoms with E-state index in [4.69, 9.17) is 5.73 Å². The molecule has 0 spiro atoms. The molecule has 1 aliphatic heterocycles. The van der Waals surface area contributed by atoms with E-state index in [-0.39, 0.29) is 23.1 Å². The minimum Gasteiger partial charge on any atom is -0.469 e. The zero-order chi connectivity index (χ0) is 15.6. The van der Waals surface area contributed by atoms with Gasteiger partial charge in [0.05, 0.1) is 18.0 Å². The number of methoxy groups -OCH3 is 1. The fraction of sp³-hybridized carbons (Fsp3) is 0.385. The summed E-state index contributed by atoms with van der Waals surface area (Å²) in [7, 11) is 1.31. The normalized spacial score (nSPS) is 17.6. The lowest BCUT2D eigenvalue weighted by Crippen LogP contribution is -2.24. The molecule has 0 aromatic heterocycles. The lowest BCUT2D eigenvalue weighted by Gasteiger charge is -2.18. The van der Waals surface area contributed by atoms with E-state index in [9.17, 15) is 19.7 Å². The van der Waals surface area contributed by atoms with Gasteiger partial charge in [-0.15, -0.1) is 0 Å². The third-order valence-electron chi connectivity index (χ3n) is 3.52. The number of hydrogen-bond acceptors (Lipinski definition) is 6. The molecule has 1 amide bonds. The highest BCUT2D eigenvalue weighted by atomic mass is 16.6. The number of benzene rings is 1. The van der Waals surface area contributed by atoms with Gasteiger partial charge in [-0.05, 0) is 18.6 Å². The summed E-state index contributed by atoms with van der Waals surface area (Å²) in [5.41, 5.74) is 5.38. The van der Waals surface area contributed by atoms with E-state index in [0.29, 0.717) is 25.2 Å². The second kappa shape index (κ2) is 5.78. The Kier molecular flexibility index (Phi) is 4.06. The van der Waals surface area contributed by atoms with E-state index in [0.717, 1.165) is 6.07 Å². The third-order valence-corrected chi connectivity index (χ3v) is 3.52. The molecule has 1 saturated heterocycles. The number of carbonyl (C=O) groups excluding carboxylic acids is 2. The highest BCUT2D eigenvalue weighted by Crippen LogP contribution is 2.33. The smallest absolute Gasteiger partial charge is 0.310 e. The largest absolute Gasteiger partial charge is 0.469 e. The number of nitrogens with zero attached hydrogens (tertiary/aromatic N) is 2. The van der Waals surface area contributed by atoms with Gasteiger partial charge in [0.1, 0.15) is 5.69 Å². The van der Waals surface area contributed by atoms with Crippen molar-refractivity contribution in [2.24, 2.45) is 11.7 Å². The molecule has 1 unspecified atom stereocenters. The second-order valence-electron chi connectivity index (χ2n) is 4.78. The predicted molar refractivity (Wildman–Crippen MR) is 74.0 cm³/mol. The number of amides is 1. The van der Waals surface area contributed by atoms with Crippen LogP contribution in [-0.4, -0.2) is 37.0 Å². The summed E-state index contributed by atoms with van der Waals surface area (Å²) in [5.74, 6) is -1.35. The number of anilines is 1. The summed E-state index contributed by atoms with van der Waals surface area (Å²) in [4.78, 5) is 35.0. The Balaban J connectivity index is 2.30. The van der Waals surface area contributed by atoms with Gasteiger partial charge in [0.15, 0.2) is 0 Å². The molecule has 1 fully saturated rings.